The van der Waals surface area contributed by atoms with E-state index < -0.39 is 5.97 Å². The maximum absolute atomic E-state index is 13.1. The van der Waals surface area contributed by atoms with Crippen LogP contribution in [-0.4, -0.2) is 44.1 Å². The summed E-state index contributed by atoms with van der Waals surface area (Å²) < 4.78 is 15.6. The fourth-order valence-corrected chi connectivity index (χ4v) is 2.67. The predicted octanol–water partition coefficient (Wildman–Crippen LogP) is 3.22. The third-order valence-corrected chi connectivity index (χ3v) is 4.17. The number of carbonyl (C=O) groups is 2. The molecule has 6 nitrogen and oxygen atoms in total. The van der Waals surface area contributed by atoms with E-state index in [9.17, 15) is 9.59 Å². The molecule has 0 radical (unpaired) electrons. The number of carbonyl (C=O) groups excluding carboxylic acids is 2. The van der Waals surface area contributed by atoms with Crippen LogP contribution in [0.1, 0.15) is 28.4 Å². The number of esters is 1. The number of methoxy groups -OCH3 is 2. The molecule has 0 bridgehead atoms. The summed E-state index contributed by atoms with van der Waals surface area (Å²) in [5.41, 5.74) is 2.43. The van der Waals surface area contributed by atoms with Crippen molar-refractivity contribution in [3.63, 3.8) is 0 Å². The average Bonchev–Trinajstić information content (AvgIpc) is 2.68. The van der Waals surface area contributed by atoms with Crippen LogP contribution >= 0.6 is 0 Å². The monoisotopic (exact) mass is 371 g/mol. The minimum atomic E-state index is -0.476. The molecule has 0 aliphatic carbocycles. The molecule has 1 amide bonds. The number of hydrogen-bond donors (Lipinski definition) is 0. The fourth-order valence-electron chi connectivity index (χ4n) is 2.67. The first-order valence-corrected chi connectivity index (χ1v) is 8.71. The van der Waals surface area contributed by atoms with Gasteiger partial charge in [-0.25, -0.2) is 0 Å². The Balaban J connectivity index is 2.34. The first-order chi connectivity index (χ1) is 13.0. The van der Waals surface area contributed by atoms with Crippen molar-refractivity contribution in [1.29, 1.82) is 0 Å². The summed E-state index contributed by atoms with van der Waals surface area (Å²) in [6.07, 6.45) is 0. The van der Waals surface area contributed by atoms with Gasteiger partial charge in [0, 0.05) is 12.1 Å². The molecule has 0 saturated heterocycles. The maximum atomic E-state index is 13.1. The van der Waals surface area contributed by atoms with Crippen molar-refractivity contribution in [2.75, 3.05) is 27.4 Å². The van der Waals surface area contributed by atoms with E-state index in [0.717, 1.165) is 11.1 Å². The zero-order valence-electron chi connectivity index (χ0n) is 16.2. The molecule has 2 rings (SSSR count). The largest absolute Gasteiger partial charge is 0.493 e. The first kappa shape index (κ1) is 20.3. The molecule has 0 atom stereocenters. The minimum Gasteiger partial charge on any atom is -0.493 e. The molecule has 0 saturated carbocycles. The van der Waals surface area contributed by atoms with Gasteiger partial charge in [-0.2, -0.15) is 0 Å². The second kappa shape index (κ2) is 9.62. The lowest BCUT2D eigenvalue weighted by molar-refractivity contribution is -0.141. The van der Waals surface area contributed by atoms with Gasteiger partial charge in [0.15, 0.2) is 11.5 Å². The van der Waals surface area contributed by atoms with Gasteiger partial charge < -0.3 is 19.1 Å². The van der Waals surface area contributed by atoms with Gasteiger partial charge in [-0.05, 0) is 43.2 Å². The van der Waals surface area contributed by atoms with E-state index in [4.69, 9.17) is 14.2 Å². The van der Waals surface area contributed by atoms with Crippen molar-refractivity contribution >= 4 is 11.9 Å². The smallest absolute Gasteiger partial charge is 0.325 e. The lowest BCUT2D eigenvalue weighted by Crippen LogP contribution is -2.36. The van der Waals surface area contributed by atoms with Crippen molar-refractivity contribution in [2.45, 2.75) is 20.4 Å². The number of hydrogen-bond acceptors (Lipinski definition) is 5. The van der Waals surface area contributed by atoms with Crippen molar-refractivity contribution in [3.05, 3.63) is 59.2 Å². The molecule has 0 unspecified atom stereocenters. The van der Waals surface area contributed by atoms with Crippen molar-refractivity contribution in [1.82, 2.24) is 4.90 Å². The summed E-state index contributed by atoms with van der Waals surface area (Å²) in [5, 5.41) is 0. The van der Waals surface area contributed by atoms with E-state index in [2.05, 4.69) is 0 Å². The third-order valence-electron chi connectivity index (χ3n) is 4.17. The molecular formula is C21H25NO5. The number of rotatable bonds is 8. The molecule has 0 aromatic heterocycles. The summed E-state index contributed by atoms with van der Waals surface area (Å²) in [6.45, 7) is 4.44. The maximum Gasteiger partial charge on any atom is 0.325 e. The standard InChI is InChI=1S/C21H25NO5/c1-5-27-19-12-16(10-11-18(19)25-3)21(24)22(14-20(23)26-4)13-17-9-7-6-8-15(17)2/h6-12H,5,13-14H2,1-4H3. The Labute approximate surface area is 159 Å². The Bertz CT molecular complexity index is 803. The second-order valence-electron chi connectivity index (χ2n) is 5.96. The Morgan fingerprint density at radius 2 is 1.78 bits per heavy atom. The number of aryl methyl sites for hydroxylation is 1. The zero-order chi connectivity index (χ0) is 19.8. The molecular weight excluding hydrogens is 346 g/mol. The summed E-state index contributed by atoms with van der Waals surface area (Å²) in [7, 11) is 2.85. The van der Waals surface area contributed by atoms with Gasteiger partial charge in [-0.15, -0.1) is 0 Å². The van der Waals surface area contributed by atoms with Crippen molar-refractivity contribution < 1.29 is 23.8 Å². The topological polar surface area (TPSA) is 65.1 Å². The van der Waals surface area contributed by atoms with Gasteiger partial charge in [0.1, 0.15) is 6.54 Å². The van der Waals surface area contributed by atoms with Crippen LogP contribution < -0.4 is 9.47 Å². The van der Waals surface area contributed by atoms with E-state index in [1.54, 1.807) is 25.3 Å². The Morgan fingerprint density at radius 3 is 2.41 bits per heavy atom. The van der Waals surface area contributed by atoms with Crippen molar-refractivity contribution in [2.24, 2.45) is 0 Å². The Morgan fingerprint density at radius 1 is 1.04 bits per heavy atom. The van der Waals surface area contributed by atoms with Gasteiger partial charge in [0.25, 0.3) is 5.91 Å². The van der Waals surface area contributed by atoms with Crippen LogP contribution in [-0.2, 0) is 16.1 Å². The van der Waals surface area contributed by atoms with Crippen LogP contribution in [0.4, 0.5) is 0 Å². The fraction of sp³-hybridized carbons (Fsp3) is 0.333. The van der Waals surface area contributed by atoms with Crippen LogP contribution in [0.25, 0.3) is 0 Å². The van der Waals surface area contributed by atoms with Crippen LogP contribution in [0.3, 0.4) is 0 Å². The number of benzene rings is 2. The normalized spacial score (nSPS) is 10.2. The highest BCUT2D eigenvalue weighted by atomic mass is 16.5. The second-order valence-corrected chi connectivity index (χ2v) is 5.96. The molecule has 0 aliphatic heterocycles. The Hall–Kier alpha value is -3.02. The number of nitrogens with zero attached hydrogens (tertiary/aromatic N) is 1. The number of amides is 1. The van der Waals surface area contributed by atoms with E-state index in [1.807, 2.05) is 38.1 Å². The first-order valence-electron chi connectivity index (χ1n) is 8.71. The van der Waals surface area contributed by atoms with Crippen LogP contribution in [0.5, 0.6) is 11.5 Å². The number of ether oxygens (including phenoxy) is 3. The van der Waals surface area contributed by atoms with E-state index in [1.165, 1.54) is 12.0 Å². The summed E-state index contributed by atoms with van der Waals surface area (Å²) in [6, 6.07) is 12.7. The van der Waals surface area contributed by atoms with Gasteiger partial charge >= 0.3 is 5.97 Å². The highest BCUT2D eigenvalue weighted by Crippen LogP contribution is 2.28. The molecule has 2 aromatic rings. The highest BCUT2D eigenvalue weighted by molar-refractivity contribution is 5.96. The highest BCUT2D eigenvalue weighted by Gasteiger charge is 2.21. The molecule has 27 heavy (non-hydrogen) atoms. The SMILES string of the molecule is CCOc1cc(C(=O)N(CC(=O)OC)Cc2ccccc2C)ccc1OC. The minimum absolute atomic E-state index is 0.139. The van der Waals surface area contributed by atoms with E-state index in [0.29, 0.717) is 30.2 Å². The van der Waals surface area contributed by atoms with Gasteiger partial charge in [-0.1, -0.05) is 24.3 Å². The molecule has 0 fully saturated rings. The molecule has 0 heterocycles. The van der Waals surface area contributed by atoms with E-state index in [-0.39, 0.29) is 12.5 Å². The molecule has 0 aliphatic rings. The van der Waals surface area contributed by atoms with Crippen LogP contribution in [0, 0.1) is 6.92 Å². The van der Waals surface area contributed by atoms with Crippen molar-refractivity contribution in [3.8, 4) is 11.5 Å². The molecule has 2 aromatic carbocycles. The van der Waals surface area contributed by atoms with Gasteiger partial charge in [0.05, 0.1) is 20.8 Å². The molecule has 0 spiro atoms. The summed E-state index contributed by atoms with van der Waals surface area (Å²) in [4.78, 5) is 26.4. The molecule has 6 heteroatoms. The van der Waals surface area contributed by atoms with Crippen LogP contribution in [0.15, 0.2) is 42.5 Å². The molecule has 0 N–H and O–H groups in total. The summed E-state index contributed by atoms with van der Waals surface area (Å²) >= 11 is 0. The predicted molar refractivity (Wildman–Crippen MR) is 102 cm³/mol. The average molecular weight is 371 g/mol. The lowest BCUT2D eigenvalue weighted by Gasteiger charge is -2.23. The zero-order valence-corrected chi connectivity index (χ0v) is 16.2. The Kier molecular flexibility index (Phi) is 7.23. The lowest BCUT2D eigenvalue weighted by atomic mass is 10.1. The van der Waals surface area contributed by atoms with Crippen LogP contribution in [0.2, 0.25) is 0 Å². The third kappa shape index (κ3) is 5.23. The van der Waals surface area contributed by atoms with E-state index >= 15 is 0 Å². The summed E-state index contributed by atoms with van der Waals surface area (Å²) in [5.74, 6) is 0.273. The molecule has 144 valence electrons. The quantitative estimate of drug-likeness (QED) is 0.667. The van der Waals surface area contributed by atoms with Gasteiger partial charge in [0.2, 0.25) is 0 Å². The van der Waals surface area contributed by atoms with Gasteiger partial charge in [-0.3, -0.25) is 9.59 Å².